The summed E-state index contributed by atoms with van der Waals surface area (Å²) in [7, 11) is 0. The number of carbonyl (C=O) groups excluding carboxylic acids is 1. The van der Waals surface area contributed by atoms with E-state index >= 15 is 0 Å². The van der Waals surface area contributed by atoms with Crippen molar-refractivity contribution < 1.29 is 9.90 Å². The van der Waals surface area contributed by atoms with Crippen LogP contribution in [0.25, 0.3) is 0 Å². The quantitative estimate of drug-likeness (QED) is 0.460. The van der Waals surface area contributed by atoms with Crippen molar-refractivity contribution in [3.8, 4) is 0 Å². The third-order valence-electron chi connectivity index (χ3n) is 0.386. The lowest BCUT2D eigenvalue weighted by molar-refractivity contribution is -0.110. The zero-order valence-electron chi connectivity index (χ0n) is 3.29. The first-order valence-corrected chi connectivity index (χ1v) is 1.63. The Labute approximate surface area is 36.8 Å². The lowest BCUT2D eigenvalue weighted by atomic mass is 10.2. The van der Waals surface area contributed by atoms with Gasteiger partial charge in [0.25, 0.3) is 0 Å². The summed E-state index contributed by atoms with van der Waals surface area (Å²) in [6.07, 6.45) is 0.500. The largest absolute Gasteiger partial charge is 0.396 e. The van der Waals surface area contributed by atoms with Gasteiger partial charge in [-0.15, -0.1) is 0 Å². The molecule has 2 nitrogen and oxygen atoms in total. The number of aldehydes is 1. The Hall–Kier alpha value is -0.370. The molecule has 0 saturated carbocycles. The van der Waals surface area contributed by atoms with Gasteiger partial charge in [-0.05, 0) is 6.92 Å². The van der Waals surface area contributed by atoms with E-state index in [1.165, 1.54) is 0 Å². The van der Waals surface area contributed by atoms with Gasteiger partial charge in [0.1, 0.15) is 6.29 Å². The molecule has 0 amide bonds. The lowest BCUT2D eigenvalue weighted by Crippen LogP contribution is -2.00. The molecule has 0 aromatic heterocycles. The van der Waals surface area contributed by atoms with Gasteiger partial charge in [0.2, 0.25) is 0 Å². The van der Waals surface area contributed by atoms with Crippen molar-refractivity contribution in [1.82, 2.24) is 0 Å². The Morgan fingerprint density at radius 2 is 2.50 bits per heavy atom. The smallest absolute Gasteiger partial charge is 0.125 e. The second-order valence-corrected chi connectivity index (χ2v) is 0.983. The predicted octanol–water partition coefficient (Wildman–Crippen LogP) is -0.495. The van der Waals surface area contributed by atoms with E-state index < -0.39 is 5.92 Å². The van der Waals surface area contributed by atoms with E-state index in [-0.39, 0.29) is 6.61 Å². The molecule has 34 valence electrons. The molecule has 0 heterocycles. The number of carbonyl (C=O) groups is 1. The van der Waals surface area contributed by atoms with Crippen LogP contribution in [0.2, 0.25) is 0 Å². The van der Waals surface area contributed by atoms with E-state index in [0.717, 1.165) is 0 Å². The van der Waals surface area contributed by atoms with Crippen LogP contribution < -0.4 is 0 Å². The van der Waals surface area contributed by atoms with E-state index in [1.54, 1.807) is 0 Å². The first kappa shape index (κ1) is 5.63. The maximum Gasteiger partial charge on any atom is 0.125 e. The van der Waals surface area contributed by atoms with Gasteiger partial charge < -0.3 is 9.90 Å². The minimum Gasteiger partial charge on any atom is -0.396 e. The molecule has 0 fully saturated rings. The second-order valence-electron chi connectivity index (χ2n) is 0.983. The Morgan fingerprint density at radius 3 is 2.50 bits per heavy atom. The third-order valence-corrected chi connectivity index (χ3v) is 0.386. The first-order valence-electron chi connectivity index (χ1n) is 1.63. The minimum atomic E-state index is -0.690. The molecule has 0 rings (SSSR count). The number of hydrogen-bond acceptors (Lipinski definition) is 2. The first-order chi connectivity index (χ1) is 2.81. The van der Waals surface area contributed by atoms with Gasteiger partial charge >= 0.3 is 0 Å². The van der Waals surface area contributed by atoms with Crippen LogP contribution in [-0.4, -0.2) is 18.0 Å². The third kappa shape index (κ3) is 1.91. The second kappa shape index (κ2) is 2.85. The summed E-state index contributed by atoms with van der Waals surface area (Å²) < 4.78 is 0. The number of rotatable bonds is 2. The van der Waals surface area contributed by atoms with Crippen molar-refractivity contribution in [2.24, 2.45) is 5.92 Å². The van der Waals surface area contributed by atoms with Gasteiger partial charge in [-0.1, -0.05) is 0 Å². The molecule has 0 aliphatic carbocycles. The molecule has 0 bridgehead atoms. The monoisotopic (exact) mass is 86.0 g/mol. The van der Waals surface area contributed by atoms with Crippen LogP contribution in [0.1, 0.15) is 0 Å². The molecule has 2 radical (unpaired) electrons. The number of hydrogen-bond donors (Lipinski definition) is 1. The topological polar surface area (TPSA) is 37.3 Å². The fourth-order valence-corrected chi connectivity index (χ4v) is 0.0430. The minimum absolute atomic E-state index is 0.260. The van der Waals surface area contributed by atoms with Crippen LogP contribution in [0.5, 0.6) is 0 Å². The lowest BCUT2D eigenvalue weighted by Gasteiger charge is -1.88. The van der Waals surface area contributed by atoms with Gasteiger partial charge in [-0.25, -0.2) is 0 Å². The molecule has 0 aliphatic heterocycles. The normalized spacial score (nSPS) is 13.7. The van der Waals surface area contributed by atoms with Crippen LogP contribution in [0, 0.1) is 12.8 Å². The van der Waals surface area contributed by atoms with Gasteiger partial charge in [-0.2, -0.15) is 0 Å². The van der Waals surface area contributed by atoms with E-state index in [2.05, 4.69) is 0 Å². The van der Waals surface area contributed by atoms with Gasteiger partial charge in [0.15, 0.2) is 0 Å². The van der Waals surface area contributed by atoms with Crippen LogP contribution in [-0.2, 0) is 4.79 Å². The zero-order valence-corrected chi connectivity index (χ0v) is 3.29. The van der Waals surface area contributed by atoms with E-state index in [9.17, 15) is 4.79 Å². The highest BCUT2D eigenvalue weighted by Gasteiger charge is 1.91. The summed E-state index contributed by atoms with van der Waals surface area (Å²) in [5.41, 5.74) is 0. The molecule has 0 aliphatic rings. The molecule has 0 aromatic carbocycles. The van der Waals surface area contributed by atoms with Crippen LogP contribution in [0.3, 0.4) is 0 Å². The van der Waals surface area contributed by atoms with Crippen LogP contribution in [0.4, 0.5) is 0 Å². The highest BCUT2D eigenvalue weighted by Crippen LogP contribution is 1.80. The van der Waals surface area contributed by atoms with Crippen LogP contribution >= 0.6 is 0 Å². The molecule has 6 heavy (non-hydrogen) atoms. The van der Waals surface area contributed by atoms with Gasteiger partial charge in [0.05, 0.1) is 6.61 Å². The van der Waals surface area contributed by atoms with Gasteiger partial charge in [0, 0.05) is 5.92 Å². The van der Waals surface area contributed by atoms with E-state index in [1.807, 2.05) is 0 Å². The average molecular weight is 86.1 g/mol. The SMILES string of the molecule is [CH][C@H](C=O)CO. The van der Waals surface area contributed by atoms with E-state index in [0.29, 0.717) is 6.29 Å². The summed E-state index contributed by atoms with van der Waals surface area (Å²) in [5, 5.41) is 7.98. The highest BCUT2D eigenvalue weighted by molar-refractivity contribution is 5.54. The van der Waals surface area contributed by atoms with Crippen molar-refractivity contribution in [3.05, 3.63) is 6.92 Å². The molecule has 2 heteroatoms. The van der Waals surface area contributed by atoms with Crippen molar-refractivity contribution in [1.29, 1.82) is 0 Å². The van der Waals surface area contributed by atoms with Crippen molar-refractivity contribution in [2.75, 3.05) is 6.61 Å². The summed E-state index contributed by atoms with van der Waals surface area (Å²) in [4.78, 5) is 9.45. The summed E-state index contributed by atoms with van der Waals surface area (Å²) in [5.74, 6) is -0.690. The highest BCUT2D eigenvalue weighted by atomic mass is 16.3. The molecule has 1 atom stereocenters. The van der Waals surface area contributed by atoms with Crippen molar-refractivity contribution in [2.45, 2.75) is 0 Å². The number of aliphatic hydroxyl groups is 1. The molecule has 0 unspecified atom stereocenters. The van der Waals surface area contributed by atoms with Crippen LogP contribution in [0.15, 0.2) is 0 Å². The maximum absolute atomic E-state index is 9.45. The number of aliphatic hydroxyl groups excluding tert-OH is 1. The average Bonchev–Trinajstić information content (AvgIpc) is 1.65. The fourth-order valence-electron chi connectivity index (χ4n) is 0.0430. The molecular weight excluding hydrogens is 80.0 g/mol. The van der Waals surface area contributed by atoms with Crippen molar-refractivity contribution in [3.63, 3.8) is 0 Å². The zero-order chi connectivity index (χ0) is 4.99. The maximum atomic E-state index is 9.45. The molecule has 1 N–H and O–H groups in total. The Morgan fingerprint density at radius 1 is 2.00 bits per heavy atom. The van der Waals surface area contributed by atoms with E-state index in [4.69, 9.17) is 12.0 Å². The summed E-state index contributed by atoms with van der Waals surface area (Å²) in [6.45, 7) is 4.59. The Balaban J connectivity index is 2.96. The Kier molecular flexibility index (Phi) is 2.67. The standard InChI is InChI=1S/C4H6O2/c1-4(2-5)3-6/h1-2,4,6H,3H2/t4-/m1/s1. The molecular formula is C4H6O2. The molecule has 0 saturated heterocycles. The predicted molar refractivity (Wildman–Crippen MR) is 20.9 cm³/mol. The Bertz CT molecular complexity index is 42.8. The fraction of sp³-hybridized carbons (Fsp3) is 0.500. The molecule has 0 spiro atoms. The van der Waals surface area contributed by atoms with Crippen molar-refractivity contribution >= 4 is 6.29 Å². The summed E-state index contributed by atoms with van der Waals surface area (Å²) in [6, 6.07) is 0. The van der Waals surface area contributed by atoms with Gasteiger partial charge in [-0.3, -0.25) is 0 Å². The summed E-state index contributed by atoms with van der Waals surface area (Å²) >= 11 is 0. The molecule has 0 aromatic rings.